The summed E-state index contributed by atoms with van der Waals surface area (Å²) in [6.45, 7) is 0.557. The highest BCUT2D eigenvalue weighted by molar-refractivity contribution is 5.94. The summed E-state index contributed by atoms with van der Waals surface area (Å²) >= 11 is 0. The first-order chi connectivity index (χ1) is 12.4. The molecule has 3 aromatic rings. The fraction of sp³-hybridized carbons (Fsp3) is 0.263. The minimum absolute atomic E-state index is 0.197. The first-order valence-corrected chi connectivity index (χ1v) is 8.36. The molecule has 134 valence electrons. The van der Waals surface area contributed by atoms with Crippen LogP contribution in [0, 0.1) is 0 Å². The Balaban J connectivity index is 1.60. The third-order valence-corrected chi connectivity index (χ3v) is 4.70. The van der Waals surface area contributed by atoms with Gasteiger partial charge in [-0.1, -0.05) is 12.1 Å². The predicted molar refractivity (Wildman–Crippen MR) is 90.5 cm³/mol. The summed E-state index contributed by atoms with van der Waals surface area (Å²) in [4.78, 5) is 22.3. The lowest BCUT2D eigenvalue weighted by molar-refractivity contribution is -0.137. The van der Waals surface area contributed by atoms with E-state index < -0.39 is 11.7 Å². The molecule has 1 saturated heterocycles. The summed E-state index contributed by atoms with van der Waals surface area (Å²) in [5.41, 5.74) is 1.22. The molecule has 7 heteroatoms. The van der Waals surface area contributed by atoms with Crippen LogP contribution in [0.3, 0.4) is 0 Å². The van der Waals surface area contributed by atoms with Crippen LogP contribution in [0.25, 0.3) is 11.0 Å². The highest BCUT2D eigenvalue weighted by atomic mass is 19.4. The van der Waals surface area contributed by atoms with Gasteiger partial charge in [0.1, 0.15) is 5.82 Å². The van der Waals surface area contributed by atoms with Crippen molar-refractivity contribution in [1.82, 2.24) is 14.9 Å². The Hall–Kier alpha value is -2.83. The fourth-order valence-electron chi connectivity index (χ4n) is 3.39. The lowest BCUT2D eigenvalue weighted by Gasteiger charge is -2.23. The van der Waals surface area contributed by atoms with Crippen LogP contribution in [-0.2, 0) is 6.18 Å². The second-order valence-electron chi connectivity index (χ2n) is 6.37. The van der Waals surface area contributed by atoms with Gasteiger partial charge < -0.3 is 9.88 Å². The minimum atomic E-state index is -4.41. The lowest BCUT2D eigenvalue weighted by atomic mass is 10.1. The first kappa shape index (κ1) is 16.6. The van der Waals surface area contributed by atoms with Gasteiger partial charge in [-0.05, 0) is 49.2 Å². The zero-order valence-electron chi connectivity index (χ0n) is 13.8. The monoisotopic (exact) mass is 359 g/mol. The number of H-pyrrole nitrogens is 1. The number of benzene rings is 2. The Labute approximate surface area is 147 Å². The van der Waals surface area contributed by atoms with Crippen molar-refractivity contribution < 1.29 is 18.0 Å². The molecule has 1 aliphatic rings. The molecular weight excluding hydrogens is 343 g/mol. The van der Waals surface area contributed by atoms with E-state index in [1.807, 2.05) is 24.3 Å². The molecule has 0 aliphatic carbocycles. The number of hydrogen-bond acceptors (Lipinski definition) is 2. The van der Waals surface area contributed by atoms with Gasteiger partial charge in [0.25, 0.3) is 5.91 Å². The highest BCUT2D eigenvalue weighted by Gasteiger charge is 2.34. The molecule has 4 rings (SSSR count). The number of rotatable bonds is 2. The van der Waals surface area contributed by atoms with Gasteiger partial charge in [0.15, 0.2) is 0 Å². The van der Waals surface area contributed by atoms with Crippen LogP contribution in [-0.4, -0.2) is 27.3 Å². The molecule has 2 heterocycles. The average molecular weight is 359 g/mol. The Morgan fingerprint density at radius 1 is 1.12 bits per heavy atom. The van der Waals surface area contributed by atoms with E-state index in [-0.39, 0.29) is 17.5 Å². The molecule has 0 bridgehead atoms. The number of alkyl halides is 3. The maximum Gasteiger partial charge on any atom is 0.416 e. The van der Waals surface area contributed by atoms with Crippen LogP contribution in [0.2, 0.25) is 0 Å². The number of aromatic amines is 1. The van der Waals surface area contributed by atoms with Crippen LogP contribution in [0.4, 0.5) is 13.2 Å². The zero-order chi connectivity index (χ0) is 18.3. The number of amides is 1. The molecule has 1 N–H and O–H groups in total. The van der Waals surface area contributed by atoms with E-state index in [9.17, 15) is 18.0 Å². The van der Waals surface area contributed by atoms with Crippen molar-refractivity contribution in [1.29, 1.82) is 0 Å². The number of aromatic nitrogens is 2. The number of halogens is 3. The number of nitrogens with one attached hydrogen (secondary N) is 1. The first-order valence-electron chi connectivity index (χ1n) is 8.36. The molecule has 4 nitrogen and oxygen atoms in total. The van der Waals surface area contributed by atoms with Crippen LogP contribution < -0.4 is 0 Å². The van der Waals surface area contributed by atoms with E-state index in [2.05, 4.69) is 9.97 Å². The van der Waals surface area contributed by atoms with E-state index in [4.69, 9.17) is 0 Å². The van der Waals surface area contributed by atoms with Gasteiger partial charge in [-0.3, -0.25) is 4.79 Å². The topological polar surface area (TPSA) is 49.0 Å². The predicted octanol–water partition coefficient (Wildman–Crippen LogP) is 4.56. The molecule has 0 saturated carbocycles. The summed E-state index contributed by atoms with van der Waals surface area (Å²) in [6.07, 6.45) is -2.81. The van der Waals surface area contributed by atoms with Gasteiger partial charge in [-0.15, -0.1) is 0 Å². The van der Waals surface area contributed by atoms with Crippen LogP contribution in [0.1, 0.15) is 40.6 Å². The van der Waals surface area contributed by atoms with Gasteiger partial charge in [0.2, 0.25) is 0 Å². The van der Waals surface area contributed by atoms with E-state index in [1.165, 1.54) is 12.1 Å². The molecule has 1 atom stereocenters. The average Bonchev–Trinajstić information content (AvgIpc) is 3.26. The van der Waals surface area contributed by atoms with Crippen LogP contribution >= 0.6 is 0 Å². The van der Waals surface area contributed by atoms with E-state index in [0.717, 1.165) is 36.0 Å². The normalized spacial score (nSPS) is 17.8. The molecular formula is C19H16F3N3O. The van der Waals surface area contributed by atoms with Crippen LogP contribution in [0.15, 0.2) is 48.5 Å². The fourth-order valence-corrected chi connectivity index (χ4v) is 3.39. The van der Waals surface area contributed by atoms with Crippen molar-refractivity contribution in [2.75, 3.05) is 6.54 Å². The summed E-state index contributed by atoms with van der Waals surface area (Å²) in [7, 11) is 0. The Morgan fingerprint density at radius 2 is 1.85 bits per heavy atom. The van der Waals surface area contributed by atoms with Gasteiger partial charge >= 0.3 is 6.18 Å². The molecule has 0 spiro atoms. The van der Waals surface area contributed by atoms with Gasteiger partial charge in [-0.2, -0.15) is 13.2 Å². The maximum absolute atomic E-state index is 12.8. The number of carbonyl (C=O) groups is 1. The van der Waals surface area contributed by atoms with Crippen molar-refractivity contribution in [3.8, 4) is 0 Å². The quantitative estimate of drug-likeness (QED) is 0.729. The highest BCUT2D eigenvalue weighted by Crippen LogP contribution is 2.33. The van der Waals surface area contributed by atoms with Crippen molar-refractivity contribution >= 4 is 16.9 Å². The molecule has 26 heavy (non-hydrogen) atoms. The molecule has 1 unspecified atom stereocenters. The molecule has 1 amide bonds. The molecule has 1 aromatic heterocycles. The van der Waals surface area contributed by atoms with Crippen molar-refractivity contribution in [2.45, 2.75) is 25.1 Å². The second-order valence-corrected chi connectivity index (χ2v) is 6.37. The zero-order valence-corrected chi connectivity index (χ0v) is 13.8. The number of imidazole rings is 1. The van der Waals surface area contributed by atoms with Crippen molar-refractivity contribution in [3.05, 3.63) is 65.5 Å². The number of hydrogen-bond donors (Lipinski definition) is 1. The Bertz CT molecular complexity index is 914. The van der Waals surface area contributed by atoms with Crippen molar-refractivity contribution in [2.24, 2.45) is 0 Å². The maximum atomic E-state index is 12.8. The summed E-state index contributed by atoms with van der Waals surface area (Å²) < 4.78 is 38.1. The largest absolute Gasteiger partial charge is 0.416 e. The molecule has 1 aliphatic heterocycles. The molecule has 1 fully saturated rings. The Kier molecular flexibility index (Phi) is 3.94. The summed E-state index contributed by atoms with van der Waals surface area (Å²) in [5.74, 6) is 0.436. The third-order valence-electron chi connectivity index (χ3n) is 4.70. The van der Waals surface area contributed by atoms with Gasteiger partial charge in [0, 0.05) is 12.1 Å². The summed E-state index contributed by atoms with van der Waals surface area (Å²) in [5, 5.41) is 0. The van der Waals surface area contributed by atoms with Crippen molar-refractivity contribution in [3.63, 3.8) is 0 Å². The second kappa shape index (κ2) is 6.16. The number of nitrogens with zero attached hydrogens (tertiary/aromatic N) is 2. The Morgan fingerprint density at radius 3 is 2.54 bits per heavy atom. The number of carbonyl (C=O) groups excluding carboxylic acids is 1. The van der Waals surface area contributed by atoms with E-state index >= 15 is 0 Å². The smallest absolute Gasteiger partial charge is 0.340 e. The number of fused-ring (bicyclic) bond motifs is 1. The van der Waals surface area contributed by atoms with E-state index in [0.29, 0.717) is 12.4 Å². The van der Waals surface area contributed by atoms with Crippen LogP contribution in [0.5, 0.6) is 0 Å². The molecule has 0 radical (unpaired) electrons. The number of likely N-dealkylation sites (tertiary alicyclic amines) is 1. The van der Waals surface area contributed by atoms with E-state index in [1.54, 1.807) is 4.90 Å². The standard InChI is InChI=1S/C19H16F3N3O/c20-19(21,22)13-9-7-12(8-10-13)18(26)25-11-3-6-16(25)17-23-14-4-1-2-5-15(14)24-17/h1-2,4-5,7-10,16H,3,6,11H2,(H,23,24). The lowest BCUT2D eigenvalue weighted by Crippen LogP contribution is -2.31. The number of para-hydroxylation sites is 2. The van der Waals surface area contributed by atoms with Gasteiger partial charge in [-0.25, -0.2) is 4.98 Å². The summed E-state index contributed by atoms with van der Waals surface area (Å²) in [6, 6.07) is 11.8. The molecule has 2 aromatic carbocycles. The van der Waals surface area contributed by atoms with Gasteiger partial charge in [0.05, 0.1) is 22.6 Å². The SMILES string of the molecule is O=C(c1ccc(C(F)(F)F)cc1)N1CCCC1c1nc2ccccc2[nH]1. The third kappa shape index (κ3) is 2.94. The minimum Gasteiger partial charge on any atom is -0.340 e.